The first-order valence-corrected chi connectivity index (χ1v) is 4.12. The summed E-state index contributed by atoms with van der Waals surface area (Å²) in [6, 6.07) is 4.30. The van der Waals surface area contributed by atoms with Crippen LogP contribution in [-0.4, -0.2) is 12.9 Å². The molecule has 1 rings (SSSR count). The summed E-state index contributed by atoms with van der Waals surface area (Å²) in [6.07, 6.45) is 0. The van der Waals surface area contributed by atoms with Gasteiger partial charge in [-0.3, -0.25) is 4.99 Å². The third kappa shape index (κ3) is 1.82. The summed E-state index contributed by atoms with van der Waals surface area (Å²) in [4.78, 5) is 3.76. The summed E-state index contributed by atoms with van der Waals surface area (Å²) in [5.74, 6) is 0.00109. The molecule has 4 heteroatoms. The highest BCUT2D eigenvalue weighted by Gasteiger charge is 2.04. The van der Waals surface area contributed by atoms with E-state index < -0.39 is 0 Å². The fraction of sp³-hybridized carbons (Fsp3) is 0.125. The molecule has 1 aromatic carbocycles. The minimum Gasteiger partial charge on any atom is -0.383 e. The predicted molar refractivity (Wildman–Crippen MR) is 50.7 cm³/mol. The molecular formula is C8H8BrFN2. The Morgan fingerprint density at radius 2 is 2.25 bits per heavy atom. The number of amidine groups is 1. The van der Waals surface area contributed by atoms with Crippen LogP contribution in [0.5, 0.6) is 0 Å². The fourth-order valence-electron chi connectivity index (χ4n) is 0.814. The smallest absolute Gasteiger partial charge is 0.126 e. The minimum absolute atomic E-state index is 0.320. The summed E-state index contributed by atoms with van der Waals surface area (Å²) in [6.45, 7) is 0. The van der Waals surface area contributed by atoms with Gasteiger partial charge in [-0.25, -0.2) is 4.39 Å². The van der Waals surface area contributed by atoms with Crippen molar-refractivity contribution in [2.75, 3.05) is 7.05 Å². The average Bonchev–Trinajstić information content (AvgIpc) is 2.08. The highest BCUT2D eigenvalue weighted by molar-refractivity contribution is 9.10. The summed E-state index contributed by atoms with van der Waals surface area (Å²) < 4.78 is 13.5. The van der Waals surface area contributed by atoms with E-state index in [-0.39, 0.29) is 5.82 Å². The van der Waals surface area contributed by atoms with Crippen LogP contribution >= 0.6 is 15.9 Å². The number of hydrogen-bond acceptors (Lipinski definition) is 1. The normalized spacial score (nSPS) is 11.8. The zero-order valence-electron chi connectivity index (χ0n) is 6.51. The maximum absolute atomic E-state index is 12.7. The molecule has 0 heterocycles. The second-order valence-corrected chi connectivity index (χ2v) is 3.09. The van der Waals surface area contributed by atoms with Crippen molar-refractivity contribution in [2.24, 2.45) is 10.7 Å². The number of benzene rings is 1. The SMILES string of the molecule is CN=C(N)c1cc(F)ccc1Br. The van der Waals surface area contributed by atoms with Crippen molar-refractivity contribution >= 4 is 21.8 Å². The van der Waals surface area contributed by atoms with Gasteiger partial charge in [0.1, 0.15) is 11.7 Å². The van der Waals surface area contributed by atoms with Crippen LogP contribution in [0, 0.1) is 5.82 Å². The maximum atomic E-state index is 12.7. The second kappa shape index (κ2) is 3.67. The second-order valence-electron chi connectivity index (χ2n) is 2.23. The van der Waals surface area contributed by atoms with Gasteiger partial charge in [-0.15, -0.1) is 0 Å². The van der Waals surface area contributed by atoms with Gasteiger partial charge in [0.2, 0.25) is 0 Å². The van der Waals surface area contributed by atoms with Gasteiger partial charge in [0.15, 0.2) is 0 Å². The Morgan fingerprint density at radius 3 is 2.83 bits per heavy atom. The van der Waals surface area contributed by atoms with Gasteiger partial charge in [-0.1, -0.05) is 15.9 Å². The maximum Gasteiger partial charge on any atom is 0.126 e. The van der Waals surface area contributed by atoms with E-state index in [4.69, 9.17) is 5.73 Å². The molecule has 1 aromatic rings. The Labute approximate surface area is 78.4 Å². The van der Waals surface area contributed by atoms with E-state index >= 15 is 0 Å². The molecule has 0 bridgehead atoms. The van der Waals surface area contributed by atoms with Crippen LogP contribution in [0.1, 0.15) is 5.56 Å². The lowest BCUT2D eigenvalue weighted by Gasteiger charge is -2.02. The Kier molecular flexibility index (Phi) is 2.81. The van der Waals surface area contributed by atoms with Crippen LogP contribution in [0.4, 0.5) is 4.39 Å². The Bertz CT molecular complexity index is 323. The van der Waals surface area contributed by atoms with Crippen molar-refractivity contribution in [1.29, 1.82) is 0 Å². The molecule has 12 heavy (non-hydrogen) atoms. The quantitative estimate of drug-likeness (QED) is 0.582. The number of nitrogens with two attached hydrogens (primary N) is 1. The minimum atomic E-state index is -0.320. The fourth-order valence-corrected chi connectivity index (χ4v) is 1.26. The number of hydrogen-bond donors (Lipinski definition) is 1. The van der Waals surface area contributed by atoms with Gasteiger partial charge in [-0.05, 0) is 18.2 Å². The lowest BCUT2D eigenvalue weighted by atomic mass is 10.2. The molecule has 0 fully saturated rings. The highest BCUT2D eigenvalue weighted by atomic mass is 79.9. The Balaban J connectivity index is 3.23. The van der Waals surface area contributed by atoms with Gasteiger partial charge in [0.25, 0.3) is 0 Å². The van der Waals surface area contributed by atoms with E-state index in [1.54, 1.807) is 13.1 Å². The lowest BCUT2D eigenvalue weighted by molar-refractivity contribution is 0.627. The highest BCUT2D eigenvalue weighted by Crippen LogP contribution is 2.17. The van der Waals surface area contributed by atoms with Crippen LogP contribution in [0.25, 0.3) is 0 Å². The van der Waals surface area contributed by atoms with Gasteiger partial charge in [-0.2, -0.15) is 0 Å². The number of halogens is 2. The molecule has 64 valence electrons. The summed E-state index contributed by atoms with van der Waals surface area (Å²) >= 11 is 3.24. The molecule has 0 spiro atoms. The average molecular weight is 231 g/mol. The monoisotopic (exact) mass is 230 g/mol. The molecule has 2 N–H and O–H groups in total. The standard InChI is InChI=1S/C8H8BrFN2/c1-12-8(11)6-4-5(10)2-3-7(6)9/h2-4H,1H3,(H2,11,12). The number of nitrogens with zero attached hydrogens (tertiary/aromatic N) is 1. The molecule has 0 aliphatic rings. The lowest BCUT2D eigenvalue weighted by Crippen LogP contribution is -2.13. The number of aliphatic imine (C=N–C) groups is 1. The molecule has 0 saturated carbocycles. The van der Waals surface area contributed by atoms with Gasteiger partial charge >= 0.3 is 0 Å². The topological polar surface area (TPSA) is 38.4 Å². The summed E-state index contributed by atoms with van der Waals surface area (Å²) in [7, 11) is 1.56. The van der Waals surface area contributed by atoms with Crippen molar-refractivity contribution in [3.8, 4) is 0 Å². The molecular weight excluding hydrogens is 223 g/mol. The van der Waals surface area contributed by atoms with Gasteiger partial charge in [0.05, 0.1) is 0 Å². The number of rotatable bonds is 1. The molecule has 0 aliphatic carbocycles. The molecule has 0 saturated heterocycles. The van der Waals surface area contributed by atoms with Crippen LogP contribution in [-0.2, 0) is 0 Å². The molecule has 2 nitrogen and oxygen atoms in total. The van der Waals surface area contributed by atoms with E-state index in [0.29, 0.717) is 11.4 Å². The van der Waals surface area contributed by atoms with Crippen molar-refractivity contribution in [3.05, 3.63) is 34.1 Å². The molecule has 0 unspecified atom stereocenters. The Morgan fingerprint density at radius 1 is 1.58 bits per heavy atom. The molecule has 0 aromatic heterocycles. The van der Waals surface area contributed by atoms with E-state index in [1.165, 1.54) is 12.1 Å². The third-order valence-corrected chi connectivity index (χ3v) is 2.14. The molecule has 0 amide bonds. The van der Waals surface area contributed by atoms with Crippen LogP contribution in [0.3, 0.4) is 0 Å². The van der Waals surface area contributed by atoms with E-state index in [9.17, 15) is 4.39 Å². The first kappa shape index (κ1) is 9.19. The van der Waals surface area contributed by atoms with E-state index in [2.05, 4.69) is 20.9 Å². The zero-order valence-corrected chi connectivity index (χ0v) is 8.10. The summed E-state index contributed by atoms with van der Waals surface area (Å²) in [5.41, 5.74) is 6.10. The van der Waals surface area contributed by atoms with Crippen LogP contribution in [0.15, 0.2) is 27.7 Å². The van der Waals surface area contributed by atoms with E-state index in [0.717, 1.165) is 4.47 Å². The van der Waals surface area contributed by atoms with E-state index in [1.807, 2.05) is 0 Å². The van der Waals surface area contributed by atoms with Crippen LogP contribution < -0.4 is 5.73 Å². The van der Waals surface area contributed by atoms with Crippen molar-refractivity contribution < 1.29 is 4.39 Å². The van der Waals surface area contributed by atoms with Gasteiger partial charge < -0.3 is 5.73 Å². The van der Waals surface area contributed by atoms with Crippen molar-refractivity contribution in [3.63, 3.8) is 0 Å². The molecule has 0 radical (unpaired) electrons. The molecule has 0 aliphatic heterocycles. The first-order chi connectivity index (χ1) is 5.65. The largest absolute Gasteiger partial charge is 0.383 e. The molecule has 0 atom stereocenters. The zero-order chi connectivity index (χ0) is 9.14. The first-order valence-electron chi connectivity index (χ1n) is 3.33. The van der Waals surface area contributed by atoms with Crippen molar-refractivity contribution in [2.45, 2.75) is 0 Å². The summed E-state index contributed by atoms with van der Waals surface area (Å²) in [5, 5.41) is 0. The van der Waals surface area contributed by atoms with Crippen LogP contribution in [0.2, 0.25) is 0 Å². The third-order valence-electron chi connectivity index (χ3n) is 1.45. The Hall–Kier alpha value is -0.900. The predicted octanol–water partition coefficient (Wildman–Crippen LogP) is 1.92. The van der Waals surface area contributed by atoms with Crippen molar-refractivity contribution in [1.82, 2.24) is 0 Å². The van der Waals surface area contributed by atoms with Gasteiger partial charge in [0, 0.05) is 17.1 Å².